The van der Waals surface area contributed by atoms with E-state index in [9.17, 15) is 22.8 Å². The molecule has 1 aromatic heterocycles. The van der Waals surface area contributed by atoms with Crippen LogP contribution in [0.2, 0.25) is 5.02 Å². The minimum Gasteiger partial charge on any atom is -0.367 e. The Hall–Kier alpha value is -2.54. The van der Waals surface area contributed by atoms with Crippen LogP contribution in [0.3, 0.4) is 0 Å². The minimum atomic E-state index is -4.54. The molecule has 2 rings (SSSR count). The van der Waals surface area contributed by atoms with E-state index in [4.69, 9.17) is 16.9 Å². The number of halogens is 4. The lowest BCUT2D eigenvalue weighted by molar-refractivity contribution is -0.137. The van der Waals surface area contributed by atoms with Gasteiger partial charge in [0, 0.05) is 25.8 Å². The van der Waals surface area contributed by atoms with E-state index in [1.165, 1.54) is 4.90 Å². The van der Waals surface area contributed by atoms with Crippen molar-refractivity contribution in [2.75, 3.05) is 25.0 Å². The van der Waals surface area contributed by atoms with Crippen molar-refractivity contribution in [2.24, 2.45) is 5.92 Å². The normalized spacial score (nSPS) is 18.1. The molecule has 2 heterocycles. The number of anilines is 1. The highest BCUT2D eigenvalue weighted by atomic mass is 35.5. The topological polar surface area (TPSA) is 98.1 Å². The Morgan fingerprint density at radius 3 is 2.79 bits per heavy atom. The Morgan fingerprint density at radius 1 is 1.50 bits per heavy atom. The van der Waals surface area contributed by atoms with E-state index < -0.39 is 29.6 Å². The SMILES string of the molecule is N#CC1CN(CCNc2ncc(C(F)(F)F)cc2Cl)C(=O)NC1=O. The number of aromatic nitrogens is 1. The fourth-order valence-corrected chi connectivity index (χ4v) is 2.22. The molecule has 0 radical (unpaired) electrons. The zero-order valence-electron chi connectivity index (χ0n) is 12.0. The number of nitrogens with zero attached hydrogens (tertiary/aromatic N) is 3. The van der Waals surface area contributed by atoms with Crippen molar-refractivity contribution >= 4 is 29.4 Å². The number of rotatable bonds is 4. The lowest BCUT2D eigenvalue weighted by Gasteiger charge is -2.29. The molecule has 2 N–H and O–H groups in total. The van der Waals surface area contributed by atoms with Gasteiger partial charge in [0.1, 0.15) is 11.7 Å². The molecule has 0 bridgehead atoms. The zero-order chi connectivity index (χ0) is 17.9. The maximum Gasteiger partial charge on any atom is 0.417 e. The Balaban J connectivity index is 1.94. The summed E-state index contributed by atoms with van der Waals surface area (Å²) in [5.74, 6) is -1.58. The van der Waals surface area contributed by atoms with Crippen molar-refractivity contribution in [1.29, 1.82) is 5.26 Å². The van der Waals surface area contributed by atoms with Crippen molar-refractivity contribution in [3.63, 3.8) is 0 Å². The molecule has 0 aliphatic carbocycles. The van der Waals surface area contributed by atoms with Crippen LogP contribution in [-0.2, 0) is 11.0 Å². The number of alkyl halides is 3. The predicted octanol–water partition coefficient (Wildman–Crippen LogP) is 1.86. The van der Waals surface area contributed by atoms with E-state index >= 15 is 0 Å². The Morgan fingerprint density at radius 2 is 2.21 bits per heavy atom. The summed E-state index contributed by atoms with van der Waals surface area (Å²) in [6.45, 7) is 0.172. The van der Waals surface area contributed by atoms with Gasteiger partial charge >= 0.3 is 12.2 Å². The van der Waals surface area contributed by atoms with Crippen molar-refractivity contribution in [1.82, 2.24) is 15.2 Å². The summed E-state index contributed by atoms with van der Waals surface area (Å²) in [7, 11) is 0. The molecule has 1 aliphatic heterocycles. The standard InChI is InChI=1S/C13H11ClF3N5O2/c14-9-3-8(13(15,16)17)5-20-10(9)19-1-2-22-6-7(4-18)11(23)21-12(22)24/h3,5,7H,1-2,6H2,(H,19,20)(H,21,23,24). The highest BCUT2D eigenvalue weighted by Gasteiger charge is 2.32. The van der Waals surface area contributed by atoms with Gasteiger partial charge in [0.05, 0.1) is 16.7 Å². The van der Waals surface area contributed by atoms with Crippen molar-refractivity contribution in [3.8, 4) is 6.07 Å². The molecule has 1 unspecified atom stereocenters. The maximum atomic E-state index is 12.5. The number of carbonyl (C=O) groups is 2. The van der Waals surface area contributed by atoms with Gasteiger partial charge in [-0.2, -0.15) is 18.4 Å². The summed E-state index contributed by atoms with van der Waals surface area (Å²) >= 11 is 5.74. The summed E-state index contributed by atoms with van der Waals surface area (Å²) in [5.41, 5.74) is -0.969. The Bertz CT molecular complexity index is 704. The van der Waals surface area contributed by atoms with E-state index in [0.29, 0.717) is 6.20 Å². The number of carbonyl (C=O) groups excluding carboxylic acids is 2. The molecule has 7 nitrogen and oxygen atoms in total. The van der Waals surface area contributed by atoms with Crippen LogP contribution < -0.4 is 10.6 Å². The number of nitriles is 1. The van der Waals surface area contributed by atoms with Crippen LogP contribution in [-0.4, -0.2) is 41.5 Å². The van der Waals surface area contributed by atoms with Crippen LogP contribution in [0.25, 0.3) is 0 Å². The first-order valence-corrected chi connectivity index (χ1v) is 7.06. The molecule has 128 valence electrons. The second-order valence-electron chi connectivity index (χ2n) is 4.90. The van der Waals surface area contributed by atoms with Gasteiger partial charge in [0.2, 0.25) is 5.91 Å². The Kier molecular flexibility index (Phi) is 5.14. The number of hydrogen-bond donors (Lipinski definition) is 2. The van der Waals surface area contributed by atoms with Gasteiger partial charge in [0.15, 0.2) is 0 Å². The average Bonchev–Trinajstić information content (AvgIpc) is 2.49. The average molecular weight is 362 g/mol. The number of urea groups is 1. The molecular formula is C13H11ClF3N5O2. The van der Waals surface area contributed by atoms with E-state index in [1.54, 1.807) is 6.07 Å². The summed E-state index contributed by atoms with van der Waals surface area (Å²) < 4.78 is 37.5. The van der Waals surface area contributed by atoms with Gasteiger partial charge in [-0.1, -0.05) is 11.6 Å². The highest BCUT2D eigenvalue weighted by molar-refractivity contribution is 6.32. The van der Waals surface area contributed by atoms with E-state index in [1.807, 2.05) is 5.32 Å². The lowest BCUT2D eigenvalue weighted by Crippen LogP contribution is -2.55. The van der Waals surface area contributed by atoms with Gasteiger partial charge in [-0.05, 0) is 6.07 Å². The van der Waals surface area contributed by atoms with Crippen LogP contribution in [0.15, 0.2) is 12.3 Å². The number of pyridine rings is 1. The van der Waals surface area contributed by atoms with Gasteiger partial charge in [-0.15, -0.1) is 0 Å². The quantitative estimate of drug-likeness (QED) is 0.853. The summed E-state index contributed by atoms with van der Waals surface area (Å²) in [6.07, 6.45) is -3.90. The minimum absolute atomic E-state index is 0.0370. The summed E-state index contributed by atoms with van der Waals surface area (Å²) in [4.78, 5) is 27.8. The highest BCUT2D eigenvalue weighted by Crippen LogP contribution is 2.32. The Labute approximate surface area is 139 Å². The van der Waals surface area contributed by atoms with E-state index in [-0.39, 0.29) is 30.5 Å². The second kappa shape index (κ2) is 6.92. The fourth-order valence-electron chi connectivity index (χ4n) is 1.98. The third-order valence-electron chi connectivity index (χ3n) is 3.24. The lowest BCUT2D eigenvalue weighted by atomic mass is 10.1. The monoisotopic (exact) mass is 361 g/mol. The van der Waals surface area contributed by atoms with Gasteiger partial charge < -0.3 is 10.2 Å². The molecule has 24 heavy (non-hydrogen) atoms. The maximum absolute atomic E-state index is 12.5. The largest absolute Gasteiger partial charge is 0.417 e. The number of nitrogens with one attached hydrogen (secondary N) is 2. The van der Waals surface area contributed by atoms with Crippen molar-refractivity contribution < 1.29 is 22.8 Å². The van der Waals surface area contributed by atoms with Gasteiger partial charge in [0.25, 0.3) is 0 Å². The van der Waals surface area contributed by atoms with Crippen LogP contribution in [0.1, 0.15) is 5.56 Å². The first kappa shape index (κ1) is 17.8. The number of amides is 3. The van der Waals surface area contributed by atoms with Gasteiger partial charge in [-0.25, -0.2) is 9.78 Å². The van der Waals surface area contributed by atoms with E-state index in [2.05, 4.69) is 10.3 Å². The molecule has 11 heteroatoms. The smallest absolute Gasteiger partial charge is 0.367 e. The van der Waals surface area contributed by atoms with Crippen LogP contribution in [0.4, 0.5) is 23.8 Å². The molecule has 1 aliphatic rings. The first-order chi connectivity index (χ1) is 11.2. The molecule has 3 amide bonds. The molecule has 1 aromatic rings. The first-order valence-electron chi connectivity index (χ1n) is 6.68. The number of hydrogen-bond acceptors (Lipinski definition) is 5. The molecular weight excluding hydrogens is 351 g/mol. The summed E-state index contributed by atoms with van der Waals surface area (Å²) in [5, 5.41) is 13.4. The van der Waals surface area contributed by atoms with E-state index in [0.717, 1.165) is 6.07 Å². The van der Waals surface area contributed by atoms with Crippen LogP contribution >= 0.6 is 11.6 Å². The van der Waals surface area contributed by atoms with Crippen molar-refractivity contribution in [2.45, 2.75) is 6.18 Å². The molecule has 1 saturated heterocycles. The van der Waals surface area contributed by atoms with Gasteiger partial charge in [-0.3, -0.25) is 10.1 Å². The molecule has 0 spiro atoms. The molecule has 1 fully saturated rings. The second-order valence-corrected chi connectivity index (χ2v) is 5.31. The third-order valence-corrected chi connectivity index (χ3v) is 3.52. The summed E-state index contributed by atoms with van der Waals surface area (Å²) in [6, 6.07) is 1.88. The number of imide groups is 1. The predicted molar refractivity (Wildman–Crippen MR) is 77.0 cm³/mol. The molecule has 0 aromatic carbocycles. The molecule has 1 atom stereocenters. The van der Waals surface area contributed by atoms with Crippen molar-refractivity contribution in [3.05, 3.63) is 22.8 Å². The zero-order valence-corrected chi connectivity index (χ0v) is 12.8. The van der Waals surface area contributed by atoms with Crippen LogP contribution in [0, 0.1) is 17.2 Å². The van der Waals surface area contributed by atoms with Crippen LogP contribution in [0.5, 0.6) is 0 Å². The molecule has 0 saturated carbocycles. The third kappa shape index (κ3) is 4.05. The fraction of sp³-hybridized carbons (Fsp3) is 0.385.